The van der Waals surface area contributed by atoms with Crippen LogP contribution in [0.15, 0.2) is 24.3 Å². The maximum Gasteiger partial charge on any atom is 0.505 e. The summed E-state index contributed by atoms with van der Waals surface area (Å²) in [6, 6.07) is 5.71. The van der Waals surface area contributed by atoms with Crippen molar-refractivity contribution in [3.05, 3.63) is 39.9 Å². The number of nitro benzene ring substituents is 1. The smallest absolute Gasteiger partial charge is 0.450 e. The standard InChI is InChI=1S/C19H23NO10/c1-17(2)27-13-12(9-25-16(21)22)26-19(10-5-7-11(8-6-10)20(23)24)15(14(13)28-17)29-18(3,4)30-19/h5-8,12-15H,9H2,1-4H3,(H,21,22)/t12-,13+,14+,15-,19?/m1/s1. The van der Waals surface area contributed by atoms with Gasteiger partial charge in [-0.25, -0.2) is 4.79 Å². The molecule has 3 fully saturated rings. The Hall–Kier alpha value is -2.31. The minimum absolute atomic E-state index is 0.0918. The Labute approximate surface area is 171 Å². The van der Waals surface area contributed by atoms with Gasteiger partial charge in [-0.15, -0.1) is 0 Å². The fourth-order valence-electron chi connectivity index (χ4n) is 4.22. The van der Waals surface area contributed by atoms with Crippen LogP contribution in [0.4, 0.5) is 10.5 Å². The lowest BCUT2D eigenvalue weighted by atomic mass is 9.88. The number of benzene rings is 1. The van der Waals surface area contributed by atoms with Crippen molar-refractivity contribution in [2.45, 2.75) is 69.5 Å². The molecule has 0 saturated carbocycles. The molecule has 0 spiro atoms. The summed E-state index contributed by atoms with van der Waals surface area (Å²) < 4.78 is 35.4. The molecule has 164 valence electrons. The van der Waals surface area contributed by atoms with Crippen molar-refractivity contribution >= 4 is 11.8 Å². The average molecular weight is 425 g/mol. The third kappa shape index (κ3) is 3.52. The van der Waals surface area contributed by atoms with Gasteiger partial charge in [0.1, 0.15) is 31.0 Å². The average Bonchev–Trinajstić information content (AvgIpc) is 3.12. The fraction of sp³-hybridized carbons (Fsp3) is 0.632. The first-order chi connectivity index (χ1) is 13.9. The van der Waals surface area contributed by atoms with Gasteiger partial charge in [-0.3, -0.25) is 10.1 Å². The van der Waals surface area contributed by atoms with E-state index in [0.717, 1.165) is 0 Å². The van der Waals surface area contributed by atoms with Gasteiger partial charge in [0.05, 0.1) is 4.92 Å². The number of non-ortho nitro benzene ring substituents is 1. The summed E-state index contributed by atoms with van der Waals surface area (Å²) in [6.07, 6.45) is -4.43. The normalized spacial score (nSPS) is 36.0. The predicted octanol–water partition coefficient (Wildman–Crippen LogP) is 2.51. The molecule has 5 atom stereocenters. The zero-order valence-electron chi connectivity index (χ0n) is 16.9. The van der Waals surface area contributed by atoms with E-state index in [1.165, 1.54) is 24.3 Å². The summed E-state index contributed by atoms with van der Waals surface area (Å²) in [5.74, 6) is -3.55. The van der Waals surface area contributed by atoms with Gasteiger partial charge in [-0.1, -0.05) is 0 Å². The minimum atomic E-state index is -1.50. The third-order valence-electron chi connectivity index (χ3n) is 5.19. The lowest BCUT2D eigenvalue weighted by Crippen LogP contribution is -2.61. The summed E-state index contributed by atoms with van der Waals surface area (Å²) in [5.41, 5.74) is 0.377. The highest BCUT2D eigenvalue weighted by Gasteiger charge is 2.68. The molecule has 0 amide bonds. The molecule has 1 aromatic carbocycles. The molecule has 3 saturated heterocycles. The Bertz CT molecular complexity index is 853. The topological polar surface area (TPSA) is 136 Å². The molecule has 4 rings (SSSR count). The number of rotatable bonds is 4. The van der Waals surface area contributed by atoms with Gasteiger partial charge in [0.15, 0.2) is 11.6 Å². The van der Waals surface area contributed by atoms with E-state index in [2.05, 4.69) is 0 Å². The van der Waals surface area contributed by atoms with Crippen LogP contribution < -0.4 is 0 Å². The highest BCUT2D eigenvalue weighted by atomic mass is 16.9. The van der Waals surface area contributed by atoms with Crippen LogP contribution >= 0.6 is 0 Å². The number of nitrogens with zero attached hydrogens (tertiary/aromatic N) is 1. The Morgan fingerprint density at radius 2 is 1.70 bits per heavy atom. The van der Waals surface area contributed by atoms with Gasteiger partial charge in [0.25, 0.3) is 5.69 Å². The number of fused-ring (bicyclic) bond motifs is 3. The molecule has 30 heavy (non-hydrogen) atoms. The summed E-state index contributed by atoms with van der Waals surface area (Å²) in [6.45, 7) is 6.56. The Morgan fingerprint density at radius 3 is 2.30 bits per heavy atom. The highest BCUT2D eigenvalue weighted by molar-refractivity contribution is 5.56. The lowest BCUT2D eigenvalue weighted by molar-refractivity contribution is -0.385. The fourth-order valence-corrected chi connectivity index (χ4v) is 4.22. The van der Waals surface area contributed by atoms with E-state index in [1.807, 2.05) is 0 Å². The molecule has 3 aliphatic heterocycles. The molecule has 1 aromatic rings. The maximum absolute atomic E-state index is 11.0. The van der Waals surface area contributed by atoms with E-state index in [-0.39, 0.29) is 12.3 Å². The zero-order valence-corrected chi connectivity index (χ0v) is 16.9. The Morgan fingerprint density at radius 1 is 1.07 bits per heavy atom. The monoisotopic (exact) mass is 425 g/mol. The largest absolute Gasteiger partial charge is 0.505 e. The van der Waals surface area contributed by atoms with Crippen molar-refractivity contribution < 1.29 is 43.2 Å². The van der Waals surface area contributed by atoms with E-state index < -0.39 is 52.9 Å². The molecule has 0 aliphatic carbocycles. The zero-order chi connectivity index (χ0) is 21.9. The quantitative estimate of drug-likeness (QED) is 0.435. The second-order valence-electron chi connectivity index (χ2n) is 8.31. The van der Waals surface area contributed by atoms with Crippen LogP contribution in [0.5, 0.6) is 0 Å². The number of nitro groups is 1. The first-order valence-corrected chi connectivity index (χ1v) is 9.45. The van der Waals surface area contributed by atoms with Gasteiger partial charge in [0.2, 0.25) is 5.79 Å². The summed E-state index contributed by atoms with van der Waals surface area (Å²) in [5, 5.41) is 20.0. The van der Waals surface area contributed by atoms with Crippen LogP contribution in [-0.4, -0.2) is 58.8 Å². The molecule has 3 heterocycles. The first-order valence-electron chi connectivity index (χ1n) is 9.45. The van der Waals surface area contributed by atoms with Crippen LogP contribution in [0, 0.1) is 10.1 Å². The lowest BCUT2D eigenvalue weighted by Gasteiger charge is -2.44. The predicted molar refractivity (Wildman–Crippen MR) is 97.5 cm³/mol. The van der Waals surface area contributed by atoms with Crippen LogP contribution in [0.2, 0.25) is 0 Å². The van der Waals surface area contributed by atoms with Gasteiger partial charge in [0, 0.05) is 17.7 Å². The molecular formula is C19H23NO10. The second-order valence-corrected chi connectivity index (χ2v) is 8.31. The number of ether oxygens (including phenoxy) is 6. The number of hydrogen-bond donors (Lipinski definition) is 1. The van der Waals surface area contributed by atoms with E-state index in [9.17, 15) is 14.9 Å². The SMILES string of the molecule is CC1(C)O[C@@H]2[C@H](O1)[C@H]1OC(C)(C)OC1(c1ccc([N+](=O)[O-])cc1)O[C@@H]2COC(=O)O. The van der Waals surface area contributed by atoms with Gasteiger partial charge < -0.3 is 33.5 Å². The molecule has 1 unspecified atom stereocenters. The van der Waals surface area contributed by atoms with E-state index in [0.29, 0.717) is 5.56 Å². The molecule has 11 heteroatoms. The van der Waals surface area contributed by atoms with Crippen molar-refractivity contribution in [1.29, 1.82) is 0 Å². The molecule has 1 N–H and O–H groups in total. The van der Waals surface area contributed by atoms with Gasteiger partial charge in [-0.05, 0) is 39.8 Å². The minimum Gasteiger partial charge on any atom is -0.450 e. The maximum atomic E-state index is 11.0. The van der Waals surface area contributed by atoms with Gasteiger partial charge >= 0.3 is 6.16 Å². The van der Waals surface area contributed by atoms with Crippen LogP contribution in [0.25, 0.3) is 0 Å². The van der Waals surface area contributed by atoms with Crippen LogP contribution in [0.3, 0.4) is 0 Å². The molecular weight excluding hydrogens is 402 g/mol. The van der Waals surface area contributed by atoms with Crippen molar-refractivity contribution in [1.82, 2.24) is 0 Å². The molecule has 3 aliphatic rings. The number of hydrogen-bond acceptors (Lipinski definition) is 9. The number of carboxylic acid groups (broad SMARTS) is 1. The van der Waals surface area contributed by atoms with E-state index >= 15 is 0 Å². The van der Waals surface area contributed by atoms with Crippen molar-refractivity contribution in [2.75, 3.05) is 6.61 Å². The number of carbonyl (C=O) groups is 1. The van der Waals surface area contributed by atoms with Crippen molar-refractivity contribution in [3.8, 4) is 0 Å². The van der Waals surface area contributed by atoms with Crippen LogP contribution in [0.1, 0.15) is 33.3 Å². The van der Waals surface area contributed by atoms with Gasteiger partial charge in [-0.2, -0.15) is 0 Å². The second kappa shape index (κ2) is 6.86. The van der Waals surface area contributed by atoms with E-state index in [1.54, 1.807) is 27.7 Å². The summed E-state index contributed by atoms with van der Waals surface area (Å²) in [4.78, 5) is 21.5. The van der Waals surface area contributed by atoms with E-state index in [4.69, 9.17) is 33.5 Å². The Balaban J connectivity index is 1.77. The summed E-state index contributed by atoms with van der Waals surface area (Å²) in [7, 11) is 0. The molecule has 11 nitrogen and oxygen atoms in total. The van der Waals surface area contributed by atoms with Crippen molar-refractivity contribution in [3.63, 3.8) is 0 Å². The first kappa shape index (κ1) is 20.9. The van der Waals surface area contributed by atoms with Crippen LogP contribution in [-0.2, 0) is 34.2 Å². The Kier molecular flexibility index (Phi) is 4.79. The third-order valence-corrected chi connectivity index (χ3v) is 5.19. The molecule has 0 bridgehead atoms. The molecule has 0 radical (unpaired) electrons. The highest BCUT2D eigenvalue weighted by Crippen LogP contribution is 2.54. The van der Waals surface area contributed by atoms with Crippen molar-refractivity contribution in [2.24, 2.45) is 0 Å². The summed E-state index contributed by atoms with van der Waals surface area (Å²) >= 11 is 0. The molecule has 0 aromatic heterocycles.